The minimum absolute atomic E-state index is 0.116. The molecular formula is C15H10N2O5. The lowest BCUT2D eigenvalue weighted by molar-refractivity contribution is -0.384. The summed E-state index contributed by atoms with van der Waals surface area (Å²) >= 11 is 0. The summed E-state index contributed by atoms with van der Waals surface area (Å²) in [6.45, 7) is 0.887. The van der Waals surface area contributed by atoms with Gasteiger partial charge in [0.1, 0.15) is 13.2 Å². The van der Waals surface area contributed by atoms with Crippen molar-refractivity contribution in [2.75, 3.05) is 13.2 Å². The monoisotopic (exact) mass is 298 g/mol. The number of rotatable bonds is 1. The zero-order chi connectivity index (χ0) is 15.3. The Hall–Kier alpha value is -3.09. The second kappa shape index (κ2) is 4.45. The van der Waals surface area contributed by atoms with Crippen LogP contribution in [0, 0.1) is 10.1 Å². The SMILES string of the molecule is O=c1c2cc([N+](=O)[O-])ccc2[nH]c2cc3c(cc12)OCCO3. The Morgan fingerprint density at radius 3 is 2.41 bits per heavy atom. The van der Waals surface area contributed by atoms with Gasteiger partial charge in [-0.2, -0.15) is 0 Å². The molecule has 22 heavy (non-hydrogen) atoms. The standard InChI is InChI=1S/C15H10N2O5/c18-15-9-5-8(17(19)20)1-2-11(9)16-12-7-14-13(6-10(12)15)21-3-4-22-14/h1-2,5-7H,3-4H2,(H,16,18). The van der Waals surface area contributed by atoms with Crippen molar-refractivity contribution >= 4 is 27.5 Å². The number of pyridine rings is 1. The lowest BCUT2D eigenvalue weighted by Gasteiger charge is -2.18. The molecule has 0 spiro atoms. The molecule has 7 heteroatoms. The number of hydrogen-bond acceptors (Lipinski definition) is 5. The van der Waals surface area contributed by atoms with E-state index in [9.17, 15) is 14.9 Å². The highest BCUT2D eigenvalue weighted by Crippen LogP contribution is 2.33. The van der Waals surface area contributed by atoms with E-state index in [0.717, 1.165) is 0 Å². The number of hydrogen-bond donors (Lipinski definition) is 1. The van der Waals surface area contributed by atoms with E-state index in [1.54, 1.807) is 12.1 Å². The van der Waals surface area contributed by atoms with Gasteiger partial charge in [0.15, 0.2) is 16.9 Å². The number of nitrogens with one attached hydrogen (secondary N) is 1. The Morgan fingerprint density at radius 2 is 1.68 bits per heavy atom. The van der Waals surface area contributed by atoms with Crippen LogP contribution >= 0.6 is 0 Å². The van der Waals surface area contributed by atoms with E-state index >= 15 is 0 Å². The maximum Gasteiger partial charge on any atom is 0.270 e. The van der Waals surface area contributed by atoms with Gasteiger partial charge in [-0.25, -0.2) is 0 Å². The lowest BCUT2D eigenvalue weighted by atomic mass is 10.1. The Labute approximate surface area is 123 Å². The van der Waals surface area contributed by atoms with E-state index in [4.69, 9.17) is 9.47 Å². The first-order chi connectivity index (χ1) is 10.6. The van der Waals surface area contributed by atoms with Gasteiger partial charge in [0.2, 0.25) is 0 Å². The van der Waals surface area contributed by atoms with Crippen LogP contribution in [0.3, 0.4) is 0 Å². The van der Waals surface area contributed by atoms with Crippen molar-refractivity contribution in [1.29, 1.82) is 0 Å². The molecule has 2 aromatic carbocycles. The van der Waals surface area contributed by atoms with Crippen LogP contribution in [0.5, 0.6) is 11.5 Å². The number of ether oxygens (including phenoxy) is 2. The van der Waals surface area contributed by atoms with Crippen LogP contribution in [0.2, 0.25) is 0 Å². The Balaban J connectivity index is 2.07. The quantitative estimate of drug-likeness (QED) is 0.423. The van der Waals surface area contributed by atoms with E-state index in [0.29, 0.717) is 41.1 Å². The van der Waals surface area contributed by atoms with Gasteiger partial charge in [0, 0.05) is 18.2 Å². The maximum absolute atomic E-state index is 12.6. The van der Waals surface area contributed by atoms with Crippen LogP contribution < -0.4 is 14.9 Å². The summed E-state index contributed by atoms with van der Waals surface area (Å²) in [5, 5.41) is 11.6. The number of aromatic nitrogens is 1. The molecule has 1 aliphatic heterocycles. The van der Waals surface area contributed by atoms with E-state index in [1.807, 2.05) is 0 Å². The smallest absolute Gasteiger partial charge is 0.270 e. The van der Waals surface area contributed by atoms with Crippen LogP contribution in [-0.4, -0.2) is 23.1 Å². The molecule has 0 unspecified atom stereocenters. The third kappa shape index (κ3) is 1.79. The van der Waals surface area contributed by atoms with Gasteiger partial charge in [-0.05, 0) is 12.1 Å². The molecule has 0 saturated carbocycles. The third-order valence-electron chi connectivity index (χ3n) is 3.65. The molecule has 1 aliphatic rings. The van der Waals surface area contributed by atoms with Gasteiger partial charge in [0.25, 0.3) is 5.69 Å². The van der Waals surface area contributed by atoms with Gasteiger partial charge in [0.05, 0.1) is 26.7 Å². The molecule has 110 valence electrons. The molecule has 0 bridgehead atoms. The molecule has 0 saturated heterocycles. The molecule has 0 atom stereocenters. The predicted molar refractivity (Wildman–Crippen MR) is 79.7 cm³/mol. The van der Waals surface area contributed by atoms with Gasteiger partial charge in [-0.1, -0.05) is 0 Å². The minimum atomic E-state index is -0.521. The first-order valence-corrected chi connectivity index (χ1v) is 6.67. The number of nitro benzene ring substituents is 1. The number of H-pyrrole nitrogens is 1. The number of nitrogens with zero attached hydrogens (tertiary/aromatic N) is 1. The van der Waals surface area contributed by atoms with Crippen molar-refractivity contribution in [3.8, 4) is 11.5 Å². The second-order valence-corrected chi connectivity index (χ2v) is 4.98. The van der Waals surface area contributed by atoms with Crippen LogP contribution in [-0.2, 0) is 0 Å². The van der Waals surface area contributed by atoms with Crippen molar-refractivity contribution in [3.05, 3.63) is 50.7 Å². The maximum atomic E-state index is 12.6. The summed E-state index contributed by atoms with van der Waals surface area (Å²) in [5.74, 6) is 1.09. The summed E-state index contributed by atoms with van der Waals surface area (Å²) in [6.07, 6.45) is 0. The third-order valence-corrected chi connectivity index (χ3v) is 3.65. The topological polar surface area (TPSA) is 94.5 Å². The van der Waals surface area contributed by atoms with E-state index in [-0.39, 0.29) is 16.5 Å². The Kier molecular flexibility index (Phi) is 2.56. The Bertz CT molecular complexity index is 993. The summed E-state index contributed by atoms with van der Waals surface area (Å²) in [5.41, 5.74) is 0.759. The second-order valence-electron chi connectivity index (χ2n) is 4.98. The van der Waals surface area contributed by atoms with Gasteiger partial charge >= 0.3 is 0 Å². The summed E-state index contributed by atoms with van der Waals surface area (Å²) in [7, 11) is 0. The van der Waals surface area contributed by atoms with Crippen LogP contribution in [0.4, 0.5) is 5.69 Å². The average molecular weight is 298 g/mol. The Morgan fingerprint density at radius 1 is 1.00 bits per heavy atom. The molecule has 2 heterocycles. The fraction of sp³-hybridized carbons (Fsp3) is 0.133. The molecule has 0 aliphatic carbocycles. The fourth-order valence-corrected chi connectivity index (χ4v) is 2.61. The zero-order valence-electron chi connectivity index (χ0n) is 11.3. The van der Waals surface area contributed by atoms with Crippen molar-refractivity contribution in [2.24, 2.45) is 0 Å². The molecule has 3 aromatic rings. The average Bonchev–Trinajstić information content (AvgIpc) is 2.53. The first-order valence-electron chi connectivity index (χ1n) is 6.67. The van der Waals surface area contributed by atoms with E-state index in [1.165, 1.54) is 18.2 Å². The highest BCUT2D eigenvalue weighted by molar-refractivity contribution is 5.94. The normalized spacial score (nSPS) is 13.5. The molecule has 0 fully saturated rings. The molecule has 0 amide bonds. The van der Waals surface area contributed by atoms with E-state index in [2.05, 4.69) is 4.98 Å². The lowest BCUT2D eigenvalue weighted by Crippen LogP contribution is -2.16. The summed E-state index contributed by atoms with van der Waals surface area (Å²) < 4.78 is 11.0. The number of non-ortho nitro benzene ring substituents is 1. The molecule has 4 rings (SSSR count). The molecule has 1 N–H and O–H groups in total. The summed E-state index contributed by atoms with van der Waals surface area (Å²) in [6, 6.07) is 7.50. The molecule has 0 radical (unpaired) electrons. The fourth-order valence-electron chi connectivity index (χ4n) is 2.61. The number of fused-ring (bicyclic) bond motifs is 3. The van der Waals surface area contributed by atoms with Gasteiger partial charge in [-0.3, -0.25) is 14.9 Å². The molecule has 1 aromatic heterocycles. The minimum Gasteiger partial charge on any atom is -0.486 e. The van der Waals surface area contributed by atoms with Crippen LogP contribution in [0.15, 0.2) is 35.1 Å². The van der Waals surface area contributed by atoms with Crippen molar-refractivity contribution in [1.82, 2.24) is 4.98 Å². The van der Waals surface area contributed by atoms with Crippen LogP contribution in [0.25, 0.3) is 21.8 Å². The zero-order valence-corrected chi connectivity index (χ0v) is 11.3. The first kappa shape index (κ1) is 12.6. The number of nitro groups is 1. The number of aromatic amines is 1. The highest BCUT2D eigenvalue weighted by Gasteiger charge is 2.16. The van der Waals surface area contributed by atoms with Crippen molar-refractivity contribution in [2.45, 2.75) is 0 Å². The number of benzene rings is 2. The van der Waals surface area contributed by atoms with Crippen molar-refractivity contribution in [3.63, 3.8) is 0 Å². The van der Waals surface area contributed by atoms with E-state index < -0.39 is 4.92 Å². The van der Waals surface area contributed by atoms with Crippen molar-refractivity contribution < 1.29 is 14.4 Å². The van der Waals surface area contributed by atoms with Gasteiger partial charge < -0.3 is 14.5 Å². The molecule has 7 nitrogen and oxygen atoms in total. The largest absolute Gasteiger partial charge is 0.486 e. The highest BCUT2D eigenvalue weighted by atomic mass is 16.6. The van der Waals surface area contributed by atoms with Crippen LogP contribution in [0.1, 0.15) is 0 Å². The molecular weight excluding hydrogens is 288 g/mol. The summed E-state index contributed by atoms with van der Waals surface area (Å²) in [4.78, 5) is 26.1. The van der Waals surface area contributed by atoms with Gasteiger partial charge in [-0.15, -0.1) is 0 Å². The predicted octanol–water partition coefficient (Wildman–Crippen LogP) is 2.36.